The summed E-state index contributed by atoms with van der Waals surface area (Å²) >= 11 is 7.08. The van der Waals surface area contributed by atoms with E-state index in [0.29, 0.717) is 16.1 Å². The third-order valence-electron chi connectivity index (χ3n) is 1.45. The quantitative estimate of drug-likeness (QED) is 0.469. The van der Waals surface area contributed by atoms with Crippen LogP contribution in [-0.2, 0) is 0 Å². The van der Waals surface area contributed by atoms with E-state index in [2.05, 4.69) is 4.98 Å². The summed E-state index contributed by atoms with van der Waals surface area (Å²) in [5, 5.41) is 8.36. The van der Waals surface area contributed by atoms with Crippen LogP contribution in [0.5, 0.6) is 5.88 Å². The molecule has 0 aliphatic heterocycles. The van der Waals surface area contributed by atoms with Gasteiger partial charge in [-0.05, 0) is 12.3 Å². The molecule has 1 heterocycles. The maximum atomic E-state index is 7.57. The van der Waals surface area contributed by atoms with Crippen molar-refractivity contribution in [1.82, 2.24) is 4.98 Å². The third kappa shape index (κ3) is 2.60. The second-order valence-electron chi connectivity index (χ2n) is 2.25. The minimum absolute atomic E-state index is 0.341. The fraction of sp³-hybridized carbons (Fsp3) is 0.250. The Morgan fingerprint density at radius 1 is 1.62 bits per heavy atom. The number of nitrogens with zero attached hydrogens (tertiary/aromatic N) is 1. The molecule has 0 radical (unpaired) electrons. The van der Waals surface area contributed by atoms with Gasteiger partial charge in [-0.3, -0.25) is 5.41 Å². The van der Waals surface area contributed by atoms with E-state index in [1.165, 1.54) is 18.9 Å². The smallest absolute Gasteiger partial charge is 0.215 e. The highest BCUT2D eigenvalue weighted by Crippen LogP contribution is 2.19. The van der Waals surface area contributed by atoms with Gasteiger partial charge in [0.2, 0.25) is 5.88 Å². The number of thioether (sulfide) groups is 1. The molecule has 3 nitrogen and oxygen atoms in total. The monoisotopic (exact) mass is 216 g/mol. The molecule has 0 fully saturated rings. The molecule has 0 bridgehead atoms. The van der Waals surface area contributed by atoms with Gasteiger partial charge in [0, 0.05) is 11.6 Å². The van der Waals surface area contributed by atoms with Crippen molar-refractivity contribution in [3.8, 4) is 5.88 Å². The molecule has 1 aromatic rings. The van der Waals surface area contributed by atoms with Crippen molar-refractivity contribution < 1.29 is 4.74 Å². The molecule has 0 unspecified atom stereocenters. The average molecular weight is 217 g/mol. The van der Waals surface area contributed by atoms with Crippen molar-refractivity contribution in [1.29, 1.82) is 5.41 Å². The minimum atomic E-state index is 0.341. The predicted octanol–water partition coefficient (Wildman–Crippen LogP) is 2.43. The summed E-state index contributed by atoms with van der Waals surface area (Å²) in [6.07, 6.45) is 1.84. The van der Waals surface area contributed by atoms with E-state index in [4.69, 9.17) is 21.7 Å². The van der Waals surface area contributed by atoms with Gasteiger partial charge in [0.15, 0.2) is 0 Å². The summed E-state index contributed by atoms with van der Waals surface area (Å²) in [6.45, 7) is 0. The molecule has 70 valence electrons. The lowest BCUT2D eigenvalue weighted by Gasteiger charge is -2.03. The number of methoxy groups -OCH3 is 1. The van der Waals surface area contributed by atoms with Crippen molar-refractivity contribution in [3.63, 3.8) is 0 Å². The molecular formula is C8H9ClN2OS. The van der Waals surface area contributed by atoms with Crippen LogP contribution < -0.4 is 4.74 Å². The molecule has 0 atom stereocenters. The lowest BCUT2D eigenvalue weighted by molar-refractivity contribution is 0.398. The summed E-state index contributed by atoms with van der Waals surface area (Å²) in [7, 11) is 1.52. The van der Waals surface area contributed by atoms with Gasteiger partial charge in [0.1, 0.15) is 5.15 Å². The van der Waals surface area contributed by atoms with Crippen molar-refractivity contribution in [3.05, 3.63) is 22.8 Å². The lowest BCUT2D eigenvalue weighted by atomic mass is 10.3. The normalized spacial score (nSPS) is 9.77. The Morgan fingerprint density at radius 2 is 2.31 bits per heavy atom. The summed E-state index contributed by atoms with van der Waals surface area (Å²) in [6, 6.07) is 3.33. The number of ether oxygens (including phenoxy) is 1. The first kappa shape index (κ1) is 10.3. The molecule has 0 spiro atoms. The highest BCUT2D eigenvalue weighted by Gasteiger charge is 2.04. The Bertz CT molecular complexity index is 330. The molecule has 1 rings (SSSR count). The molecule has 1 aromatic heterocycles. The molecule has 0 aromatic carbocycles. The number of halogens is 1. The first-order valence-corrected chi connectivity index (χ1v) is 5.12. The molecule has 0 saturated carbocycles. The van der Waals surface area contributed by atoms with E-state index < -0.39 is 0 Å². The van der Waals surface area contributed by atoms with Crippen molar-refractivity contribution in [2.75, 3.05) is 13.4 Å². The highest BCUT2D eigenvalue weighted by molar-refractivity contribution is 8.13. The maximum absolute atomic E-state index is 7.57. The van der Waals surface area contributed by atoms with Gasteiger partial charge < -0.3 is 4.74 Å². The molecule has 0 aliphatic rings. The van der Waals surface area contributed by atoms with E-state index in [0.717, 1.165) is 5.56 Å². The first-order chi connectivity index (χ1) is 6.17. The van der Waals surface area contributed by atoms with Crippen LogP contribution in [0.2, 0.25) is 5.15 Å². The number of rotatable bonds is 2. The Hall–Kier alpha value is -0.740. The number of pyridine rings is 1. The summed E-state index contributed by atoms with van der Waals surface area (Å²) in [5.74, 6) is 0.432. The molecule has 0 aliphatic carbocycles. The molecule has 13 heavy (non-hydrogen) atoms. The van der Waals surface area contributed by atoms with Gasteiger partial charge in [-0.2, -0.15) is 0 Å². The second-order valence-corrected chi connectivity index (χ2v) is 3.46. The number of hydrogen-bond acceptors (Lipinski definition) is 4. The fourth-order valence-corrected chi connectivity index (χ4v) is 1.38. The van der Waals surface area contributed by atoms with Gasteiger partial charge in [-0.15, -0.1) is 11.8 Å². The van der Waals surface area contributed by atoms with Gasteiger partial charge in [0.25, 0.3) is 0 Å². The Kier molecular flexibility index (Phi) is 3.57. The Labute approximate surface area is 86.0 Å². The number of hydrogen-bond donors (Lipinski definition) is 1. The van der Waals surface area contributed by atoms with E-state index >= 15 is 0 Å². The standard InChI is InChI=1S/C8H9ClN2OS/c1-12-7-4-5(8(10)13-2)3-6(9)11-7/h3-4,10H,1-2H3. The van der Waals surface area contributed by atoms with Crippen LogP contribution in [0.25, 0.3) is 0 Å². The maximum Gasteiger partial charge on any atom is 0.215 e. The summed E-state index contributed by atoms with van der Waals surface area (Å²) in [5.41, 5.74) is 0.726. The Balaban J connectivity index is 3.08. The largest absolute Gasteiger partial charge is 0.481 e. The Morgan fingerprint density at radius 3 is 2.85 bits per heavy atom. The second kappa shape index (κ2) is 4.48. The number of aromatic nitrogens is 1. The highest BCUT2D eigenvalue weighted by atomic mass is 35.5. The summed E-state index contributed by atoms with van der Waals surface area (Å²) < 4.78 is 4.93. The molecule has 0 amide bonds. The fourth-order valence-electron chi connectivity index (χ4n) is 0.826. The van der Waals surface area contributed by atoms with Crippen molar-refractivity contribution in [2.45, 2.75) is 0 Å². The lowest BCUT2D eigenvalue weighted by Crippen LogP contribution is -1.96. The van der Waals surface area contributed by atoms with Crippen LogP contribution in [-0.4, -0.2) is 23.4 Å². The first-order valence-electron chi connectivity index (χ1n) is 3.52. The van der Waals surface area contributed by atoms with Gasteiger partial charge >= 0.3 is 0 Å². The number of nitrogens with one attached hydrogen (secondary N) is 1. The van der Waals surface area contributed by atoms with Crippen LogP contribution in [0.1, 0.15) is 5.56 Å². The van der Waals surface area contributed by atoms with Crippen molar-refractivity contribution in [2.24, 2.45) is 0 Å². The van der Waals surface area contributed by atoms with Crippen LogP contribution in [0, 0.1) is 5.41 Å². The average Bonchev–Trinajstić information content (AvgIpc) is 2.15. The van der Waals surface area contributed by atoms with Crippen LogP contribution in [0.4, 0.5) is 0 Å². The van der Waals surface area contributed by atoms with E-state index in [1.807, 2.05) is 6.26 Å². The van der Waals surface area contributed by atoms with Gasteiger partial charge in [-0.1, -0.05) is 11.6 Å². The minimum Gasteiger partial charge on any atom is -0.481 e. The molecule has 1 N–H and O–H groups in total. The molecule has 5 heteroatoms. The molecular weight excluding hydrogens is 208 g/mol. The summed E-state index contributed by atoms with van der Waals surface area (Å²) in [4.78, 5) is 3.91. The van der Waals surface area contributed by atoms with E-state index in [1.54, 1.807) is 12.1 Å². The van der Waals surface area contributed by atoms with Gasteiger partial charge in [0.05, 0.1) is 12.2 Å². The van der Waals surface area contributed by atoms with Crippen LogP contribution in [0.15, 0.2) is 12.1 Å². The third-order valence-corrected chi connectivity index (χ3v) is 2.28. The van der Waals surface area contributed by atoms with Crippen LogP contribution in [0.3, 0.4) is 0 Å². The SMILES string of the molecule is COc1cc(C(=N)SC)cc(Cl)n1. The zero-order chi connectivity index (χ0) is 9.84. The van der Waals surface area contributed by atoms with E-state index in [9.17, 15) is 0 Å². The zero-order valence-corrected chi connectivity index (χ0v) is 8.87. The van der Waals surface area contributed by atoms with Crippen LogP contribution >= 0.6 is 23.4 Å². The zero-order valence-electron chi connectivity index (χ0n) is 7.30. The van der Waals surface area contributed by atoms with E-state index in [-0.39, 0.29) is 0 Å². The predicted molar refractivity (Wildman–Crippen MR) is 56.1 cm³/mol. The molecule has 0 saturated heterocycles. The van der Waals surface area contributed by atoms with Crippen molar-refractivity contribution >= 4 is 28.4 Å². The van der Waals surface area contributed by atoms with Gasteiger partial charge in [-0.25, -0.2) is 4.98 Å². The topological polar surface area (TPSA) is 46.0 Å².